The Morgan fingerprint density at radius 1 is 1.59 bits per heavy atom. The number of nitriles is 1. The fourth-order valence-corrected chi connectivity index (χ4v) is 2.98. The van der Waals surface area contributed by atoms with E-state index in [2.05, 4.69) is 41.3 Å². The van der Waals surface area contributed by atoms with Gasteiger partial charge < -0.3 is 4.90 Å². The molecule has 1 aliphatic heterocycles. The minimum atomic E-state index is 0.145. The van der Waals surface area contributed by atoms with Gasteiger partial charge >= 0.3 is 0 Å². The predicted molar refractivity (Wildman–Crippen MR) is 78.2 cm³/mol. The fraction of sp³-hybridized carbons (Fsp3) is 0.333. The molecule has 1 aromatic rings. The van der Waals surface area contributed by atoms with Crippen LogP contribution in [0.1, 0.15) is 12.0 Å². The van der Waals surface area contributed by atoms with Crippen LogP contribution in [0.3, 0.4) is 0 Å². The quantitative estimate of drug-likeness (QED) is 0.652. The lowest BCUT2D eigenvalue weighted by atomic mass is 10.1. The number of benzene rings is 1. The summed E-state index contributed by atoms with van der Waals surface area (Å²) in [5.74, 6) is 1.21. The van der Waals surface area contributed by atoms with Gasteiger partial charge in [0.25, 0.3) is 0 Å². The molecule has 0 aliphatic carbocycles. The molecule has 1 atom stereocenters. The summed E-state index contributed by atoms with van der Waals surface area (Å²) >= 11 is 6.41. The third-order valence-electron chi connectivity index (χ3n) is 2.83. The van der Waals surface area contributed by atoms with Crippen LogP contribution in [0.5, 0.6) is 0 Å². The summed E-state index contributed by atoms with van der Waals surface area (Å²) in [5.41, 5.74) is 1.52. The Kier molecular flexibility index (Phi) is 3.94. The standard InChI is InChI=1S/C12H11IN2OS/c13-10-3-8(5-14)1-2-11(10)15-6-9(7-17)4-12(15)16/h1-3,9,17H,4,6-7H2. The summed E-state index contributed by atoms with van der Waals surface area (Å²) in [6, 6.07) is 7.49. The van der Waals surface area contributed by atoms with E-state index in [4.69, 9.17) is 5.26 Å². The van der Waals surface area contributed by atoms with Gasteiger partial charge in [-0.05, 0) is 52.5 Å². The van der Waals surface area contributed by atoms with Gasteiger partial charge in [0.1, 0.15) is 0 Å². The molecular formula is C12H11IN2OS. The van der Waals surface area contributed by atoms with Crippen molar-refractivity contribution in [1.82, 2.24) is 0 Å². The third kappa shape index (κ3) is 2.58. The van der Waals surface area contributed by atoms with Crippen molar-refractivity contribution in [3.05, 3.63) is 27.3 Å². The number of amides is 1. The Morgan fingerprint density at radius 2 is 2.35 bits per heavy atom. The van der Waals surface area contributed by atoms with Crippen LogP contribution in [-0.4, -0.2) is 18.2 Å². The molecule has 17 heavy (non-hydrogen) atoms. The van der Waals surface area contributed by atoms with Crippen LogP contribution in [0, 0.1) is 20.8 Å². The molecule has 0 radical (unpaired) electrons. The highest BCUT2D eigenvalue weighted by molar-refractivity contribution is 14.1. The lowest BCUT2D eigenvalue weighted by Crippen LogP contribution is -2.25. The van der Waals surface area contributed by atoms with Crippen molar-refractivity contribution >= 4 is 46.8 Å². The first-order valence-corrected chi connectivity index (χ1v) is 6.97. The topological polar surface area (TPSA) is 44.1 Å². The van der Waals surface area contributed by atoms with E-state index in [-0.39, 0.29) is 5.91 Å². The van der Waals surface area contributed by atoms with Crippen LogP contribution in [0.15, 0.2) is 18.2 Å². The van der Waals surface area contributed by atoms with Crippen LogP contribution in [0.4, 0.5) is 5.69 Å². The van der Waals surface area contributed by atoms with Crippen LogP contribution >= 0.6 is 35.2 Å². The first-order valence-electron chi connectivity index (χ1n) is 5.26. The second-order valence-corrected chi connectivity index (χ2v) is 5.56. The van der Waals surface area contributed by atoms with Gasteiger partial charge in [0.15, 0.2) is 0 Å². The maximum absolute atomic E-state index is 11.9. The normalized spacial score (nSPS) is 19.5. The van der Waals surface area contributed by atoms with Crippen molar-refractivity contribution < 1.29 is 4.79 Å². The zero-order valence-corrected chi connectivity index (χ0v) is 12.1. The molecule has 1 saturated heterocycles. The predicted octanol–water partition coefficient (Wildman–Crippen LogP) is 2.45. The highest BCUT2D eigenvalue weighted by Crippen LogP contribution is 2.30. The van der Waals surface area contributed by atoms with Crippen LogP contribution in [0.25, 0.3) is 0 Å². The molecule has 88 valence electrons. The van der Waals surface area contributed by atoms with E-state index in [1.165, 1.54) is 0 Å². The first-order chi connectivity index (χ1) is 8.15. The molecule has 0 spiro atoms. The average molecular weight is 358 g/mol. The molecule has 0 aromatic heterocycles. The summed E-state index contributed by atoms with van der Waals surface area (Å²) in [7, 11) is 0. The smallest absolute Gasteiger partial charge is 0.227 e. The number of nitrogens with zero attached hydrogens (tertiary/aromatic N) is 2. The zero-order valence-electron chi connectivity index (χ0n) is 9.06. The van der Waals surface area contributed by atoms with Crippen molar-refractivity contribution in [1.29, 1.82) is 5.26 Å². The van der Waals surface area contributed by atoms with Crippen molar-refractivity contribution in [2.45, 2.75) is 6.42 Å². The van der Waals surface area contributed by atoms with Crippen LogP contribution in [-0.2, 0) is 4.79 Å². The van der Waals surface area contributed by atoms with E-state index in [0.29, 0.717) is 17.9 Å². The number of rotatable bonds is 2. The monoisotopic (exact) mass is 358 g/mol. The second kappa shape index (κ2) is 5.27. The summed E-state index contributed by atoms with van der Waals surface area (Å²) < 4.78 is 0.940. The second-order valence-electron chi connectivity index (χ2n) is 4.04. The SMILES string of the molecule is N#Cc1ccc(N2CC(CS)CC2=O)c(I)c1. The van der Waals surface area contributed by atoms with Gasteiger partial charge in [0, 0.05) is 16.5 Å². The number of halogens is 1. The molecule has 0 N–H and O–H groups in total. The molecule has 0 saturated carbocycles. The lowest BCUT2D eigenvalue weighted by molar-refractivity contribution is -0.117. The van der Waals surface area contributed by atoms with E-state index < -0.39 is 0 Å². The van der Waals surface area contributed by atoms with Gasteiger partial charge in [0.05, 0.1) is 17.3 Å². The van der Waals surface area contributed by atoms with Crippen molar-refractivity contribution in [3.8, 4) is 6.07 Å². The molecule has 1 aliphatic rings. The Balaban J connectivity index is 2.29. The number of anilines is 1. The zero-order chi connectivity index (χ0) is 12.4. The molecule has 3 nitrogen and oxygen atoms in total. The lowest BCUT2D eigenvalue weighted by Gasteiger charge is -2.18. The number of thiol groups is 1. The molecule has 1 amide bonds. The summed E-state index contributed by atoms with van der Waals surface area (Å²) in [4.78, 5) is 13.7. The molecule has 1 heterocycles. The van der Waals surface area contributed by atoms with Crippen molar-refractivity contribution in [2.75, 3.05) is 17.2 Å². The van der Waals surface area contributed by atoms with Gasteiger partial charge in [0.2, 0.25) is 5.91 Å². The third-order valence-corrected chi connectivity index (χ3v) is 4.21. The summed E-state index contributed by atoms with van der Waals surface area (Å²) in [6.45, 7) is 0.726. The van der Waals surface area contributed by atoms with E-state index >= 15 is 0 Å². The minimum Gasteiger partial charge on any atom is -0.311 e. The summed E-state index contributed by atoms with van der Waals surface area (Å²) in [5, 5.41) is 8.81. The number of carbonyl (C=O) groups excluding carboxylic acids is 1. The minimum absolute atomic E-state index is 0.145. The maximum Gasteiger partial charge on any atom is 0.227 e. The van der Waals surface area contributed by atoms with E-state index in [1.54, 1.807) is 17.0 Å². The highest BCUT2D eigenvalue weighted by Gasteiger charge is 2.30. The number of carbonyl (C=O) groups is 1. The average Bonchev–Trinajstić information content (AvgIpc) is 2.70. The van der Waals surface area contributed by atoms with Gasteiger partial charge in [-0.1, -0.05) is 0 Å². The van der Waals surface area contributed by atoms with Gasteiger partial charge in [-0.3, -0.25) is 4.79 Å². The van der Waals surface area contributed by atoms with Gasteiger partial charge in [-0.25, -0.2) is 0 Å². The molecule has 0 bridgehead atoms. The Morgan fingerprint density at radius 3 is 2.88 bits per heavy atom. The maximum atomic E-state index is 11.9. The Labute approximate surface area is 119 Å². The Hall–Kier alpha value is -0.740. The van der Waals surface area contributed by atoms with E-state index in [1.807, 2.05) is 6.07 Å². The molecular weight excluding hydrogens is 347 g/mol. The fourth-order valence-electron chi connectivity index (χ4n) is 1.93. The molecule has 1 aromatic carbocycles. The molecule has 1 fully saturated rings. The van der Waals surface area contributed by atoms with Crippen molar-refractivity contribution in [3.63, 3.8) is 0 Å². The van der Waals surface area contributed by atoms with E-state index in [9.17, 15) is 4.79 Å². The van der Waals surface area contributed by atoms with Crippen LogP contribution < -0.4 is 4.90 Å². The van der Waals surface area contributed by atoms with Crippen LogP contribution in [0.2, 0.25) is 0 Å². The summed E-state index contributed by atoms with van der Waals surface area (Å²) in [6.07, 6.45) is 0.569. The molecule has 5 heteroatoms. The molecule has 1 unspecified atom stereocenters. The van der Waals surface area contributed by atoms with E-state index in [0.717, 1.165) is 21.6 Å². The highest BCUT2D eigenvalue weighted by atomic mass is 127. The largest absolute Gasteiger partial charge is 0.311 e. The first kappa shape index (κ1) is 12.7. The van der Waals surface area contributed by atoms with Gasteiger partial charge in [-0.15, -0.1) is 0 Å². The molecule has 2 rings (SSSR count). The van der Waals surface area contributed by atoms with Crippen molar-refractivity contribution in [2.24, 2.45) is 5.92 Å². The number of hydrogen-bond donors (Lipinski definition) is 1. The number of hydrogen-bond acceptors (Lipinski definition) is 3. The van der Waals surface area contributed by atoms with Gasteiger partial charge in [-0.2, -0.15) is 17.9 Å². The Bertz CT molecular complexity index is 498.